The Bertz CT molecular complexity index is 1190. The lowest BCUT2D eigenvalue weighted by atomic mass is 9.82. The van der Waals surface area contributed by atoms with Crippen molar-refractivity contribution in [1.29, 1.82) is 5.26 Å². The van der Waals surface area contributed by atoms with Crippen LogP contribution in [0.1, 0.15) is 32.3 Å². The maximum absolute atomic E-state index is 12.8. The molecule has 3 rings (SSSR count). The standard InChI is InChI=1S/C26H27N3O6/c1-4-32-18-12-10-17(11-13-18)29-22(30)15-34-21-9-7-6-8-19(21)24-20(14-27)25(28)35-16(3)23(24)26(31)33-5-2/h6-13,24H,4-5,15,28H2,1-3H3,(H,29,30). The molecule has 182 valence electrons. The predicted molar refractivity (Wildman–Crippen MR) is 128 cm³/mol. The molecule has 0 fully saturated rings. The molecule has 1 amide bonds. The van der Waals surface area contributed by atoms with Gasteiger partial charge in [0.15, 0.2) is 6.61 Å². The van der Waals surface area contributed by atoms with Crippen LogP contribution in [0, 0.1) is 11.3 Å². The summed E-state index contributed by atoms with van der Waals surface area (Å²) in [4.78, 5) is 25.3. The topological polar surface area (TPSA) is 133 Å². The molecule has 9 heteroatoms. The molecule has 0 aliphatic carbocycles. The fraction of sp³-hybridized carbons (Fsp3) is 0.269. The average molecular weight is 478 g/mol. The number of nitriles is 1. The second-order valence-corrected chi connectivity index (χ2v) is 7.45. The van der Waals surface area contributed by atoms with E-state index < -0.39 is 11.9 Å². The number of rotatable bonds is 9. The van der Waals surface area contributed by atoms with Crippen LogP contribution >= 0.6 is 0 Å². The molecule has 1 aliphatic rings. The summed E-state index contributed by atoms with van der Waals surface area (Å²) in [6.45, 7) is 5.55. The Hall–Kier alpha value is -4.45. The molecule has 0 radical (unpaired) electrons. The fourth-order valence-electron chi connectivity index (χ4n) is 3.66. The Morgan fingerprint density at radius 3 is 2.46 bits per heavy atom. The number of benzene rings is 2. The van der Waals surface area contributed by atoms with Crippen LogP contribution in [0.5, 0.6) is 11.5 Å². The summed E-state index contributed by atoms with van der Waals surface area (Å²) in [6, 6.07) is 15.8. The van der Waals surface area contributed by atoms with E-state index in [4.69, 9.17) is 24.7 Å². The van der Waals surface area contributed by atoms with E-state index in [1.165, 1.54) is 0 Å². The number of carbonyl (C=O) groups excluding carboxylic acids is 2. The number of nitrogens with two attached hydrogens (primary N) is 1. The number of anilines is 1. The number of esters is 1. The molecule has 1 unspecified atom stereocenters. The number of carbonyl (C=O) groups is 2. The molecule has 0 bridgehead atoms. The van der Waals surface area contributed by atoms with Crippen molar-refractivity contribution in [3.8, 4) is 17.6 Å². The zero-order chi connectivity index (χ0) is 25.4. The quantitative estimate of drug-likeness (QED) is 0.522. The molecule has 3 N–H and O–H groups in total. The monoisotopic (exact) mass is 477 g/mol. The molecular weight excluding hydrogens is 450 g/mol. The van der Waals surface area contributed by atoms with Gasteiger partial charge in [-0.3, -0.25) is 4.79 Å². The van der Waals surface area contributed by atoms with Gasteiger partial charge in [0.25, 0.3) is 5.91 Å². The summed E-state index contributed by atoms with van der Waals surface area (Å²) in [5.41, 5.74) is 7.23. The van der Waals surface area contributed by atoms with E-state index in [0.717, 1.165) is 0 Å². The lowest BCUT2D eigenvalue weighted by molar-refractivity contribution is -0.139. The van der Waals surface area contributed by atoms with E-state index >= 15 is 0 Å². The van der Waals surface area contributed by atoms with Gasteiger partial charge < -0.3 is 30.0 Å². The summed E-state index contributed by atoms with van der Waals surface area (Å²) >= 11 is 0. The van der Waals surface area contributed by atoms with Crippen molar-refractivity contribution >= 4 is 17.6 Å². The van der Waals surface area contributed by atoms with Crippen molar-refractivity contribution in [2.45, 2.75) is 26.7 Å². The lowest BCUT2D eigenvalue weighted by Crippen LogP contribution is -2.26. The van der Waals surface area contributed by atoms with E-state index in [-0.39, 0.29) is 41.9 Å². The van der Waals surface area contributed by atoms with Gasteiger partial charge in [-0.25, -0.2) is 4.79 Å². The number of nitrogens with zero attached hydrogens (tertiary/aromatic N) is 1. The Morgan fingerprint density at radius 2 is 1.80 bits per heavy atom. The van der Waals surface area contributed by atoms with E-state index in [9.17, 15) is 14.9 Å². The first-order valence-corrected chi connectivity index (χ1v) is 11.1. The van der Waals surface area contributed by atoms with Crippen molar-refractivity contribution in [3.05, 3.63) is 76.9 Å². The number of nitrogens with one attached hydrogen (secondary N) is 1. The van der Waals surface area contributed by atoms with Crippen LogP contribution in [-0.2, 0) is 19.1 Å². The summed E-state index contributed by atoms with van der Waals surface area (Å²) in [6.07, 6.45) is 0. The van der Waals surface area contributed by atoms with Crippen LogP contribution in [0.4, 0.5) is 5.69 Å². The molecule has 0 saturated carbocycles. The van der Waals surface area contributed by atoms with E-state index in [1.807, 2.05) is 13.0 Å². The van der Waals surface area contributed by atoms with Gasteiger partial charge >= 0.3 is 5.97 Å². The summed E-state index contributed by atoms with van der Waals surface area (Å²) in [7, 11) is 0. The number of para-hydroxylation sites is 1. The number of ether oxygens (including phenoxy) is 4. The molecule has 1 atom stereocenters. The highest BCUT2D eigenvalue weighted by Gasteiger charge is 2.37. The maximum atomic E-state index is 12.8. The van der Waals surface area contributed by atoms with Crippen molar-refractivity contribution in [1.82, 2.24) is 0 Å². The van der Waals surface area contributed by atoms with Crippen molar-refractivity contribution in [2.75, 3.05) is 25.1 Å². The van der Waals surface area contributed by atoms with Gasteiger partial charge in [0.05, 0.1) is 24.7 Å². The Kier molecular flexibility index (Phi) is 8.35. The summed E-state index contributed by atoms with van der Waals surface area (Å²) < 4.78 is 21.9. The van der Waals surface area contributed by atoms with E-state index in [1.54, 1.807) is 62.4 Å². The Balaban J connectivity index is 1.84. The predicted octanol–water partition coefficient (Wildman–Crippen LogP) is 3.75. The van der Waals surface area contributed by atoms with Gasteiger partial charge in [0.2, 0.25) is 5.88 Å². The highest BCUT2D eigenvalue weighted by molar-refractivity contribution is 5.93. The fourth-order valence-corrected chi connectivity index (χ4v) is 3.66. The third kappa shape index (κ3) is 5.92. The van der Waals surface area contributed by atoms with Gasteiger partial charge in [0, 0.05) is 11.3 Å². The lowest BCUT2D eigenvalue weighted by Gasteiger charge is -2.28. The number of hydrogen-bond donors (Lipinski definition) is 2. The van der Waals surface area contributed by atoms with Crippen molar-refractivity contribution in [3.63, 3.8) is 0 Å². The van der Waals surface area contributed by atoms with Crippen LogP contribution < -0.4 is 20.5 Å². The highest BCUT2D eigenvalue weighted by atomic mass is 16.5. The first-order chi connectivity index (χ1) is 16.9. The molecule has 35 heavy (non-hydrogen) atoms. The molecule has 1 aliphatic heterocycles. The average Bonchev–Trinajstić information content (AvgIpc) is 2.84. The molecule has 2 aromatic carbocycles. The minimum absolute atomic E-state index is 0.0496. The van der Waals surface area contributed by atoms with Gasteiger partial charge in [-0.2, -0.15) is 5.26 Å². The molecule has 2 aromatic rings. The minimum Gasteiger partial charge on any atom is -0.494 e. The van der Waals surface area contributed by atoms with Gasteiger partial charge in [0.1, 0.15) is 28.9 Å². The maximum Gasteiger partial charge on any atom is 0.338 e. The number of allylic oxidation sites excluding steroid dienone is 2. The first kappa shape index (κ1) is 25.2. The minimum atomic E-state index is -0.877. The normalized spacial score (nSPS) is 15.1. The third-order valence-electron chi connectivity index (χ3n) is 5.14. The van der Waals surface area contributed by atoms with Crippen LogP contribution in [-0.4, -0.2) is 31.7 Å². The second kappa shape index (κ2) is 11.6. The zero-order valence-electron chi connectivity index (χ0n) is 19.8. The van der Waals surface area contributed by atoms with E-state index in [2.05, 4.69) is 5.32 Å². The summed E-state index contributed by atoms with van der Waals surface area (Å²) in [5.74, 6) is -0.746. The van der Waals surface area contributed by atoms with Gasteiger partial charge in [-0.1, -0.05) is 18.2 Å². The Morgan fingerprint density at radius 1 is 1.09 bits per heavy atom. The van der Waals surface area contributed by atoms with Crippen molar-refractivity contribution in [2.24, 2.45) is 5.73 Å². The largest absolute Gasteiger partial charge is 0.494 e. The Labute approximate surface area is 203 Å². The van der Waals surface area contributed by atoms with Gasteiger partial charge in [-0.15, -0.1) is 0 Å². The molecule has 9 nitrogen and oxygen atoms in total. The van der Waals surface area contributed by atoms with Crippen LogP contribution in [0.15, 0.2) is 71.3 Å². The summed E-state index contributed by atoms with van der Waals surface area (Å²) in [5, 5.41) is 12.5. The van der Waals surface area contributed by atoms with E-state index in [0.29, 0.717) is 29.4 Å². The number of amides is 1. The smallest absolute Gasteiger partial charge is 0.338 e. The van der Waals surface area contributed by atoms with Crippen LogP contribution in [0.2, 0.25) is 0 Å². The van der Waals surface area contributed by atoms with Gasteiger partial charge in [-0.05, 0) is 51.1 Å². The van der Waals surface area contributed by atoms with Crippen LogP contribution in [0.3, 0.4) is 0 Å². The SMILES string of the molecule is CCOC(=O)C1=C(C)OC(N)=C(C#N)C1c1ccccc1OCC(=O)Nc1ccc(OCC)cc1. The molecule has 0 aromatic heterocycles. The zero-order valence-corrected chi connectivity index (χ0v) is 19.8. The van der Waals surface area contributed by atoms with Crippen LogP contribution in [0.25, 0.3) is 0 Å². The van der Waals surface area contributed by atoms with Crippen molar-refractivity contribution < 1.29 is 28.5 Å². The highest BCUT2D eigenvalue weighted by Crippen LogP contribution is 2.42. The third-order valence-corrected chi connectivity index (χ3v) is 5.14. The molecule has 0 spiro atoms. The molecular formula is C26H27N3O6. The first-order valence-electron chi connectivity index (χ1n) is 11.1. The molecule has 0 saturated heterocycles. The number of hydrogen-bond acceptors (Lipinski definition) is 8. The molecule has 1 heterocycles. The second-order valence-electron chi connectivity index (χ2n) is 7.45.